The summed E-state index contributed by atoms with van der Waals surface area (Å²) in [4.78, 5) is 17.8. The van der Waals surface area contributed by atoms with E-state index in [2.05, 4.69) is 22.5 Å². The van der Waals surface area contributed by atoms with Gasteiger partial charge in [0.2, 0.25) is 0 Å². The van der Waals surface area contributed by atoms with E-state index < -0.39 is 0 Å². The highest BCUT2D eigenvalue weighted by Gasteiger charge is 2.23. The van der Waals surface area contributed by atoms with Crippen molar-refractivity contribution in [3.8, 4) is 0 Å². The van der Waals surface area contributed by atoms with Gasteiger partial charge in [0.05, 0.1) is 20.3 Å². The molecule has 2 fully saturated rings. The van der Waals surface area contributed by atoms with Crippen LogP contribution in [0.5, 0.6) is 0 Å². The highest BCUT2D eigenvalue weighted by molar-refractivity contribution is 14.0. The molecular weight excluding hydrogens is 423 g/mol. The summed E-state index contributed by atoms with van der Waals surface area (Å²) >= 11 is 0. The number of guanidine groups is 1. The van der Waals surface area contributed by atoms with Crippen LogP contribution >= 0.6 is 24.0 Å². The van der Waals surface area contributed by atoms with Crippen molar-refractivity contribution in [2.75, 3.05) is 46.5 Å². The van der Waals surface area contributed by atoms with Gasteiger partial charge in [-0.2, -0.15) is 0 Å². The average Bonchev–Trinajstić information content (AvgIpc) is 3.39. The molecule has 2 N–H and O–H groups in total. The summed E-state index contributed by atoms with van der Waals surface area (Å²) in [6, 6.07) is 0.334. The summed E-state index contributed by atoms with van der Waals surface area (Å²) in [5.41, 5.74) is 0. The van der Waals surface area contributed by atoms with Crippen molar-refractivity contribution in [2.45, 2.75) is 38.6 Å². The Kier molecular flexibility index (Phi) is 10.4. The number of methoxy groups -OCH3 is 1. The van der Waals surface area contributed by atoms with Crippen LogP contribution in [0.15, 0.2) is 4.99 Å². The van der Waals surface area contributed by atoms with Gasteiger partial charge in [-0.3, -0.25) is 4.99 Å². The van der Waals surface area contributed by atoms with Gasteiger partial charge in [0.15, 0.2) is 5.96 Å². The molecule has 2 aliphatic rings. The SMILES string of the molecule is CCNC(=NCCOCC1CC1)NC1CCN(C(=O)OC)CC1.I. The van der Waals surface area contributed by atoms with Gasteiger partial charge in [-0.1, -0.05) is 0 Å². The fourth-order valence-corrected chi connectivity index (χ4v) is 2.61. The lowest BCUT2D eigenvalue weighted by atomic mass is 10.1. The fourth-order valence-electron chi connectivity index (χ4n) is 2.61. The Hall–Kier alpha value is -0.770. The van der Waals surface area contributed by atoms with Crippen molar-refractivity contribution in [2.24, 2.45) is 10.9 Å². The van der Waals surface area contributed by atoms with Crippen molar-refractivity contribution in [1.29, 1.82) is 0 Å². The van der Waals surface area contributed by atoms with E-state index in [1.807, 2.05) is 0 Å². The number of piperidine rings is 1. The second kappa shape index (κ2) is 11.7. The van der Waals surface area contributed by atoms with Crippen molar-refractivity contribution in [1.82, 2.24) is 15.5 Å². The van der Waals surface area contributed by atoms with Crippen LogP contribution in [0, 0.1) is 5.92 Å². The van der Waals surface area contributed by atoms with Gasteiger partial charge in [0.1, 0.15) is 0 Å². The number of rotatable bonds is 7. The number of nitrogens with zero attached hydrogens (tertiary/aromatic N) is 2. The van der Waals surface area contributed by atoms with Crippen LogP contribution in [0.4, 0.5) is 4.79 Å². The molecule has 1 saturated heterocycles. The van der Waals surface area contributed by atoms with Gasteiger partial charge in [0.25, 0.3) is 0 Å². The molecule has 0 atom stereocenters. The zero-order valence-corrected chi connectivity index (χ0v) is 17.1. The van der Waals surface area contributed by atoms with Crippen molar-refractivity contribution in [3.63, 3.8) is 0 Å². The first-order valence-electron chi connectivity index (χ1n) is 8.68. The summed E-state index contributed by atoms with van der Waals surface area (Å²) in [6.07, 6.45) is 4.20. The second-order valence-electron chi connectivity index (χ2n) is 6.15. The number of carbonyl (C=O) groups excluding carboxylic acids is 1. The van der Waals surface area contributed by atoms with E-state index in [0.29, 0.717) is 32.3 Å². The number of nitrogens with one attached hydrogen (secondary N) is 2. The average molecular weight is 454 g/mol. The molecule has 2 rings (SSSR count). The maximum Gasteiger partial charge on any atom is 0.409 e. The van der Waals surface area contributed by atoms with E-state index in [0.717, 1.165) is 37.9 Å². The molecule has 24 heavy (non-hydrogen) atoms. The number of hydrogen-bond donors (Lipinski definition) is 2. The maximum absolute atomic E-state index is 11.5. The van der Waals surface area contributed by atoms with E-state index in [4.69, 9.17) is 9.47 Å². The van der Waals surface area contributed by atoms with E-state index in [1.165, 1.54) is 20.0 Å². The molecule has 1 aliphatic carbocycles. The molecule has 8 heteroatoms. The predicted molar refractivity (Wildman–Crippen MR) is 105 cm³/mol. The topological polar surface area (TPSA) is 75.2 Å². The monoisotopic (exact) mass is 454 g/mol. The smallest absolute Gasteiger partial charge is 0.409 e. The first-order chi connectivity index (χ1) is 11.2. The van der Waals surface area contributed by atoms with Crippen molar-refractivity contribution < 1.29 is 14.3 Å². The van der Waals surface area contributed by atoms with Crippen LogP contribution in [0.25, 0.3) is 0 Å². The van der Waals surface area contributed by atoms with Gasteiger partial charge in [-0.25, -0.2) is 4.79 Å². The summed E-state index contributed by atoms with van der Waals surface area (Å²) in [7, 11) is 1.42. The Bertz CT molecular complexity index is 397. The fraction of sp³-hybridized carbons (Fsp3) is 0.875. The lowest BCUT2D eigenvalue weighted by Gasteiger charge is -2.32. The molecule has 0 aromatic carbocycles. The number of halogens is 1. The molecule has 0 radical (unpaired) electrons. The molecule has 0 spiro atoms. The second-order valence-corrected chi connectivity index (χ2v) is 6.15. The molecule has 0 bridgehead atoms. The third-order valence-electron chi connectivity index (χ3n) is 4.17. The minimum absolute atomic E-state index is 0. The summed E-state index contributed by atoms with van der Waals surface area (Å²) in [6.45, 7) is 6.54. The number of ether oxygens (including phenoxy) is 2. The van der Waals surface area contributed by atoms with Gasteiger partial charge in [-0.15, -0.1) is 24.0 Å². The van der Waals surface area contributed by atoms with Crippen molar-refractivity contribution >= 4 is 36.0 Å². The van der Waals surface area contributed by atoms with Crippen LogP contribution in [-0.4, -0.2) is 69.5 Å². The van der Waals surface area contributed by atoms with Crippen LogP contribution in [0.1, 0.15) is 32.6 Å². The minimum atomic E-state index is -0.239. The first-order valence-corrected chi connectivity index (χ1v) is 8.68. The number of amides is 1. The Morgan fingerprint density at radius 3 is 2.54 bits per heavy atom. The molecule has 140 valence electrons. The highest BCUT2D eigenvalue weighted by atomic mass is 127. The van der Waals surface area contributed by atoms with Crippen LogP contribution in [-0.2, 0) is 9.47 Å². The predicted octanol–water partition coefficient (Wildman–Crippen LogP) is 1.82. The van der Waals surface area contributed by atoms with Crippen LogP contribution in [0.2, 0.25) is 0 Å². The number of likely N-dealkylation sites (tertiary alicyclic amines) is 1. The van der Waals surface area contributed by atoms with E-state index in [-0.39, 0.29) is 30.1 Å². The maximum atomic E-state index is 11.5. The Balaban J connectivity index is 0.00000288. The largest absolute Gasteiger partial charge is 0.453 e. The lowest BCUT2D eigenvalue weighted by Crippen LogP contribution is -2.49. The third-order valence-corrected chi connectivity index (χ3v) is 4.17. The Labute approximate surface area is 161 Å². The lowest BCUT2D eigenvalue weighted by molar-refractivity contribution is 0.111. The first kappa shape index (κ1) is 21.3. The Morgan fingerprint density at radius 1 is 1.25 bits per heavy atom. The molecule has 0 aromatic rings. The van der Waals surface area contributed by atoms with Gasteiger partial charge >= 0.3 is 6.09 Å². The number of carbonyl (C=O) groups is 1. The quantitative estimate of drug-likeness (QED) is 0.266. The van der Waals surface area contributed by atoms with Crippen molar-refractivity contribution in [3.05, 3.63) is 0 Å². The Morgan fingerprint density at radius 2 is 1.96 bits per heavy atom. The number of hydrogen-bond acceptors (Lipinski definition) is 4. The van der Waals surface area contributed by atoms with Gasteiger partial charge < -0.3 is 25.0 Å². The van der Waals surface area contributed by atoms with Gasteiger partial charge in [0, 0.05) is 32.3 Å². The molecule has 7 nitrogen and oxygen atoms in total. The summed E-state index contributed by atoms with van der Waals surface area (Å²) in [5.74, 6) is 1.63. The zero-order valence-electron chi connectivity index (χ0n) is 14.8. The zero-order chi connectivity index (χ0) is 16.5. The standard InChI is InChI=1S/C16H30N4O3.HI/c1-3-17-15(18-8-11-23-12-13-4-5-13)19-14-6-9-20(10-7-14)16(21)22-2;/h13-14H,3-12H2,1-2H3,(H2,17,18,19);1H. The molecule has 0 aromatic heterocycles. The molecule has 1 heterocycles. The third kappa shape index (κ3) is 7.87. The van der Waals surface area contributed by atoms with E-state index >= 15 is 0 Å². The normalized spacial score (nSPS) is 18.8. The van der Waals surface area contributed by atoms with Gasteiger partial charge in [-0.05, 0) is 38.5 Å². The molecule has 1 amide bonds. The van der Waals surface area contributed by atoms with E-state index in [9.17, 15) is 4.79 Å². The summed E-state index contributed by atoms with van der Waals surface area (Å²) in [5, 5.41) is 6.72. The summed E-state index contributed by atoms with van der Waals surface area (Å²) < 4.78 is 10.4. The minimum Gasteiger partial charge on any atom is -0.453 e. The van der Waals surface area contributed by atoms with Crippen LogP contribution in [0.3, 0.4) is 0 Å². The molecule has 0 unspecified atom stereocenters. The molecular formula is C16H31IN4O3. The highest BCUT2D eigenvalue weighted by Crippen LogP contribution is 2.28. The number of aliphatic imine (C=N–C) groups is 1. The molecule has 1 saturated carbocycles. The van der Waals surface area contributed by atoms with Crippen LogP contribution < -0.4 is 10.6 Å². The molecule has 1 aliphatic heterocycles. The van der Waals surface area contributed by atoms with E-state index in [1.54, 1.807) is 4.90 Å².